The summed E-state index contributed by atoms with van der Waals surface area (Å²) < 4.78 is 4.14. The first-order valence-electron chi connectivity index (χ1n) is 2.01. The molecule has 54 valence electrons. The second kappa shape index (κ2) is 15.7. The highest BCUT2D eigenvalue weighted by atomic mass is 35.5. The third kappa shape index (κ3) is 18.9. The van der Waals surface area contributed by atoms with Gasteiger partial charge in [0.05, 0.1) is 7.11 Å². The lowest BCUT2D eigenvalue weighted by molar-refractivity contribution is -0.134. The molecular weight excluding hydrogens is 140 g/mol. The Morgan fingerprint density at radius 2 is 1.89 bits per heavy atom. The Bertz CT molecular complexity index is 81.1. The zero-order valence-corrected chi connectivity index (χ0v) is 6.24. The minimum Gasteiger partial charge on any atom is -0.466 e. The Morgan fingerprint density at radius 1 is 1.56 bits per heavy atom. The quantitative estimate of drug-likeness (QED) is 0.322. The Kier molecular flexibility index (Phi) is 27.4. The molecule has 2 nitrogen and oxygen atoms in total. The normalized spacial score (nSPS) is 5.00. The van der Waals surface area contributed by atoms with E-state index < -0.39 is 5.97 Å². The fraction of sp³-hybridized carbons (Fsp3) is 0.167. The summed E-state index contributed by atoms with van der Waals surface area (Å²) in [5, 5.41) is 0. The van der Waals surface area contributed by atoms with E-state index in [9.17, 15) is 4.79 Å². The van der Waals surface area contributed by atoms with E-state index in [2.05, 4.69) is 24.5 Å². The van der Waals surface area contributed by atoms with Crippen LogP contribution in [0.15, 0.2) is 25.8 Å². The molecule has 0 amide bonds. The number of rotatable bonds is 1. The monoisotopic (exact) mass is 150 g/mol. The van der Waals surface area contributed by atoms with Crippen LogP contribution >= 0.6 is 12.4 Å². The van der Waals surface area contributed by atoms with Gasteiger partial charge in [0.1, 0.15) is 0 Å². The number of esters is 1. The van der Waals surface area contributed by atoms with Crippen LogP contribution in [0.4, 0.5) is 0 Å². The summed E-state index contributed by atoms with van der Waals surface area (Å²) in [4.78, 5) is 9.84. The molecule has 0 rings (SSSR count). The van der Waals surface area contributed by atoms with E-state index in [-0.39, 0.29) is 12.4 Å². The number of hydrogen-bond acceptors (Lipinski definition) is 2. The second-order valence-corrected chi connectivity index (χ2v) is 0.727. The van der Waals surface area contributed by atoms with Crippen molar-refractivity contribution in [2.24, 2.45) is 0 Å². The van der Waals surface area contributed by atoms with Crippen LogP contribution in [-0.4, -0.2) is 13.1 Å². The van der Waals surface area contributed by atoms with Gasteiger partial charge >= 0.3 is 5.97 Å². The first-order chi connectivity index (χ1) is 3.81. The third-order valence-corrected chi connectivity index (χ3v) is 0.368. The molecule has 0 aromatic heterocycles. The van der Waals surface area contributed by atoms with Crippen molar-refractivity contribution in [3.63, 3.8) is 0 Å². The minimum absolute atomic E-state index is 0. The van der Waals surface area contributed by atoms with Crippen molar-refractivity contribution in [3.05, 3.63) is 25.8 Å². The van der Waals surface area contributed by atoms with Crippen LogP contribution in [-0.2, 0) is 9.53 Å². The summed E-state index contributed by atoms with van der Waals surface area (Å²) in [5.74, 6) is -0.394. The van der Waals surface area contributed by atoms with Gasteiger partial charge in [-0.3, -0.25) is 0 Å². The molecule has 0 heterocycles. The molecule has 0 aliphatic heterocycles. The number of carbonyl (C=O) groups is 1. The van der Waals surface area contributed by atoms with E-state index in [1.54, 1.807) is 0 Å². The maximum absolute atomic E-state index is 9.84. The lowest BCUT2D eigenvalue weighted by Gasteiger charge is -1.83. The Hall–Kier alpha value is -0.760. The highest BCUT2D eigenvalue weighted by molar-refractivity contribution is 5.85. The maximum Gasteiger partial charge on any atom is 0.329 e. The third-order valence-electron chi connectivity index (χ3n) is 0.368. The minimum atomic E-state index is -0.394. The van der Waals surface area contributed by atoms with Gasteiger partial charge in [-0.15, -0.1) is 25.6 Å². The van der Waals surface area contributed by atoms with Gasteiger partial charge in [-0.2, -0.15) is 0 Å². The van der Waals surface area contributed by atoms with Gasteiger partial charge in [0.25, 0.3) is 0 Å². The molecule has 0 aromatic carbocycles. The highest BCUT2D eigenvalue weighted by Gasteiger charge is 1.81. The Morgan fingerprint density at radius 3 is 1.89 bits per heavy atom. The van der Waals surface area contributed by atoms with Crippen LogP contribution in [0.2, 0.25) is 0 Å². The van der Waals surface area contributed by atoms with E-state index in [0.717, 1.165) is 6.08 Å². The van der Waals surface area contributed by atoms with Crippen LogP contribution in [0.3, 0.4) is 0 Å². The topological polar surface area (TPSA) is 26.3 Å². The molecule has 0 fully saturated rings. The predicted octanol–water partition coefficient (Wildman–Crippen LogP) is 1.57. The van der Waals surface area contributed by atoms with Crippen LogP contribution in [0.5, 0.6) is 0 Å². The van der Waals surface area contributed by atoms with E-state index >= 15 is 0 Å². The van der Waals surface area contributed by atoms with Gasteiger partial charge in [-0.25, -0.2) is 4.79 Å². The van der Waals surface area contributed by atoms with Gasteiger partial charge in [0.2, 0.25) is 0 Å². The van der Waals surface area contributed by atoms with Gasteiger partial charge < -0.3 is 4.74 Å². The SMILES string of the molecule is C=C.C=CC(=O)OC.Cl. The highest BCUT2D eigenvalue weighted by Crippen LogP contribution is 1.67. The fourth-order valence-electron chi connectivity index (χ4n) is 0.0833. The molecule has 3 heteroatoms. The molecule has 0 aliphatic carbocycles. The molecule has 0 saturated heterocycles. The summed E-state index contributed by atoms with van der Waals surface area (Å²) in [5.41, 5.74) is 0. The molecule has 0 aromatic rings. The van der Waals surface area contributed by atoms with Crippen molar-refractivity contribution in [2.75, 3.05) is 7.11 Å². The van der Waals surface area contributed by atoms with E-state index in [1.165, 1.54) is 7.11 Å². The summed E-state index contributed by atoms with van der Waals surface area (Å²) in [7, 11) is 1.31. The summed E-state index contributed by atoms with van der Waals surface area (Å²) in [6, 6.07) is 0. The van der Waals surface area contributed by atoms with Crippen molar-refractivity contribution < 1.29 is 9.53 Å². The maximum atomic E-state index is 9.84. The fourth-order valence-corrected chi connectivity index (χ4v) is 0.0833. The van der Waals surface area contributed by atoms with E-state index in [0.29, 0.717) is 0 Å². The number of hydrogen-bond donors (Lipinski definition) is 0. The number of halogens is 1. The molecule has 9 heavy (non-hydrogen) atoms. The van der Waals surface area contributed by atoms with Crippen molar-refractivity contribution >= 4 is 18.4 Å². The largest absolute Gasteiger partial charge is 0.466 e. The molecular formula is C6H11ClO2. The number of methoxy groups -OCH3 is 1. The average molecular weight is 151 g/mol. The predicted molar refractivity (Wildman–Crippen MR) is 40.7 cm³/mol. The summed E-state index contributed by atoms with van der Waals surface area (Å²) in [6.07, 6.45) is 1.11. The van der Waals surface area contributed by atoms with Crippen molar-refractivity contribution in [1.82, 2.24) is 0 Å². The average Bonchev–Trinajstić information content (AvgIpc) is 1.91. The van der Waals surface area contributed by atoms with Crippen LogP contribution < -0.4 is 0 Å². The zero-order chi connectivity index (χ0) is 6.99. The van der Waals surface area contributed by atoms with E-state index in [1.807, 2.05) is 0 Å². The molecule has 0 saturated carbocycles. The lowest BCUT2D eigenvalue weighted by Crippen LogP contribution is -1.91. The number of ether oxygens (including phenoxy) is 1. The van der Waals surface area contributed by atoms with Crippen molar-refractivity contribution in [2.45, 2.75) is 0 Å². The molecule has 0 N–H and O–H groups in total. The van der Waals surface area contributed by atoms with Gasteiger partial charge in [-0.05, 0) is 0 Å². The molecule has 0 radical (unpaired) electrons. The lowest BCUT2D eigenvalue weighted by atomic mass is 10.7. The first-order valence-corrected chi connectivity index (χ1v) is 2.01. The van der Waals surface area contributed by atoms with Crippen LogP contribution in [0.25, 0.3) is 0 Å². The first kappa shape index (κ1) is 15.7. The Labute approximate surface area is 61.6 Å². The smallest absolute Gasteiger partial charge is 0.329 e. The summed E-state index contributed by atoms with van der Waals surface area (Å²) >= 11 is 0. The van der Waals surface area contributed by atoms with Crippen molar-refractivity contribution in [3.8, 4) is 0 Å². The Balaban J connectivity index is -0.000000109. The number of carbonyl (C=O) groups excluding carboxylic acids is 1. The molecule has 0 aliphatic rings. The molecule has 0 spiro atoms. The van der Waals surface area contributed by atoms with Crippen molar-refractivity contribution in [1.29, 1.82) is 0 Å². The van der Waals surface area contributed by atoms with Gasteiger partial charge in [-0.1, -0.05) is 6.58 Å². The van der Waals surface area contributed by atoms with Gasteiger partial charge in [0.15, 0.2) is 0 Å². The van der Waals surface area contributed by atoms with Crippen LogP contribution in [0.1, 0.15) is 0 Å². The van der Waals surface area contributed by atoms with Gasteiger partial charge in [0, 0.05) is 6.08 Å². The molecule has 0 unspecified atom stereocenters. The molecule has 0 bridgehead atoms. The summed E-state index contributed by atoms with van der Waals surface area (Å²) in [6.45, 7) is 9.16. The zero-order valence-electron chi connectivity index (χ0n) is 5.42. The standard InChI is InChI=1S/C4H6O2.C2H4.ClH/c1-3-4(5)6-2;1-2;/h3H,1H2,2H3;1-2H2;1H. The van der Waals surface area contributed by atoms with E-state index in [4.69, 9.17) is 0 Å². The van der Waals surface area contributed by atoms with Crippen LogP contribution in [0, 0.1) is 0 Å². The molecule has 0 atom stereocenters. The second-order valence-electron chi connectivity index (χ2n) is 0.727.